The molecule has 1 aromatic rings. The first-order valence-corrected chi connectivity index (χ1v) is 6.96. The fourth-order valence-corrected chi connectivity index (χ4v) is 2.21. The highest BCUT2D eigenvalue weighted by atomic mass is 79.9. The Morgan fingerprint density at radius 1 is 1.47 bits per heavy atom. The first-order valence-electron chi connectivity index (χ1n) is 4.89. The normalized spacial score (nSPS) is 19.1. The number of rotatable bonds is 5. The zero-order valence-electron chi connectivity index (χ0n) is 8.28. The highest BCUT2D eigenvalue weighted by Gasteiger charge is 2.21. The van der Waals surface area contributed by atoms with Gasteiger partial charge in [0.05, 0.1) is 6.61 Å². The highest BCUT2D eigenvalue weighted by molar-refractivity contribution is 9.09. The van der Waals surface area contributed by atoms with Crippen molar-refractivity contribution in [3.05, 3.63) is 10.8 Å². The maximum absolute atomic E-state index is 5.70. The van der Waals surface area contributed by atoms with Crippen molar-refractivity contribution in [1.29, 1.82) is 0 Å². The number of hydrogen-bond acceptors (Lipinski definition) is 4. The molecule has 0 aliphatic carbocycles. The van der Waals surface area contributed by atoms with Gasteiger partial charge in [0.15, 0.2) is 17.6 Å². The summed E-state index contributed by atoms with van der Waals surface area (Å²) in [4.78, 5) is 0. The van der Waals surface area contributed by atoms with Crippen LogP contribution in [0.1, 0.15) is 6.42 Å². The molecule has 3 nitrogen and oxygen atoms in total. The third kappa shape index (κ3) is 3.09. The van der Waals surface area contributed by atoms with Gasteiger partial charge in [-0.2, -0.15) is 0 Å². The van der Waals surface area contributed by atoms with Crippen molar-refractivity contribution in [2.24, 2.45) is 0 Å². The van der Waals surface area contributed by atoms with Gasteiger partial charge in [0, 0.05) is 22.7 Å². The van der Waals surface area contributed by atoms with Gasteiger partial charge in [0.25, 0.3) is 0 Å². The Labute approximate surface area is 101 Å². The molecule has 5 heteroatoms. The Morgan fingerprint density at radius 3 is 3.20 bits per heavy atom. The quantitative estimate of drug-likeness (QED) is 0.617. The molecule has 0 fully saturated rings. The van der Waals surface area contributed by atoms with E-state index in [9.17, 15) is 0 Å². The number of alkyl halides is 1. The predicted molar refractivity (Wildman–Crippen MR) is 63.5 cm³/mol. The van der Waals surface area contributed by atoms with E-state index in [4.69, 9.17) is 14.2 Å². The summed E-state index contributed by atoms with van der Waals surface area (Å²) in [5, 5.41) is 4.89. The van der Waals surface area contributed by atoms with Crippen LogP contribution in [0.2, 0.25) is 0 Å². The van der Waals surface area contributed by atoms with E-state index >= 15 is 0 Å². The lowest BCUT2D eigenvalue weighted by Crippen LogP contribution is -2.33. The second-order valence-electron chi connectivity index (χ2n) is 3.27. The molecule has 0 aromatic carbocycles. The lowest BCUT2D eigenvalue weighted by molar-refractivity contribution is 0.00992. The zero-order chi connectivity index (χ0) is 10.5. The average molecular weight is 293 g/mol. The number of thiophene rings is 1. The molecule has 0 N–H and O–H groups in total. The molecular weight excluding hydrogens is 280 g/mol. The summed E-state index contributed by atoms with van der Waals surface area (Å²) >= 11 is 4.95. The van der Waals surface area contributed by atoms with Crippen LogP contribution in [0.3, 0.4) is 0 Å². The lowest BCUT2D eigenvalue weighted by atomic mass is 10.3. The van der Waals surface area contributed by atoms with Crippen LogP contribution in [0.15, 0.2) is 10.8 Å². The SMILES string of the molecule is BrCCCOCC1COc2cscc2O1. The van der Waals surface area contributed by atoms with E-state index in [1.165, 1.54) is 0 Å². The topological polar surface area (TPSA) is 27.7 Å². The Bertz CT molecular complexity index is 303. The first-order chi connectivity index (χ1) is 7.40. The van der Waals surface area contributed by atoms with Crippen molar-refractivity contribution in [2.75, 3.05) is 25.2 Å². The average Bonchev–Trinajstić information content (AvgIpc) is 2.71. The van der Waals surface area contributed by atoms with E-state index in [-0.39, 0.29) is 6.10 Å². The molecule has 0 bridgehead atoms. The van der Waals surface area contributed by atoms with Crippen molar-refractivity contribution < 1.29 is 14.2 Å². The molecule has 15 heavy (non-hydrogen) atoms. The summed E-state index contributed by atoms with van der Waals surface area (Å²) in [5.41, 5.74) is 0. The van der Waals surface area contributed by atoms with Gasteiger partial charge in [-0.3, -0.25) is 0 Å². The van der Waals surface area contributed by atoms with Crippen molar-refractivity contribution in [2.45, 2.75) is 12.5 Å². The van der Waals surface area contributed by atoms with E-state index in [0.717, 1.165) is 29.9 Å². The maximum atomic E-state index is 5.70. The molecule has 0 radical (unpaired) electrons. The molecule has 0 saturated carbocycles. The largest absolute Gasteiger partial charge is 0.485 e. The van der Waals surface area contributed by atoms with Crippen LogP contribution in [-0.2, 0) is 4.74 Å². The van der Waals surface area contributed by atoms with Gasteiger partial charge >= 0.3 is 0 Å². The van der Waals surface area contributed by atoms with Crippen LogP contribution < -0.4 is 9.47 Å². The second kappa shape index (κ2) is 5.72. The summed E-state index contributed by atoms with van der Waals surface area (Å²) in [5.74, 6) is 1.71. The molecule has 0 spiro atoms. The minimum Gasteiger partial charge on any atom is -0.485 e. The number of ether oxygens (including phenoxy) is 3. The summed E-state index contributed by atoms with van der Waals surface area (Å²) in [6, 6.07) is 0. The first kappa shape index (κ1) is 11.2. The van der Waals surface area contributed by atoms with Gasteiger partial charge in [0.1, 0.15) is 6.61 Å². The van der Waals surface area contributed by atoms with Crippen LogP contribution >= 0.6 is 27.3 Å². The second-order valence-corrected chi connectivity index (χ2v) is 4.81. The Hall–Kier alpha value is -0.260. The van der Waals surface area contributed by atoms with Crippen LogP contribution in [-0.4, -0.2) is 31.3 Å². The molecule has 2 rings (SSSR count). The van der Waals surface area contributed by atoms with E-state index < -0.39 is 0 Å². The fourth-order valence-electron chi connectivity index (χ4n) is 1.31. The van der Waals surface area contributed by atoms with Crippen molar-refractivity contribution in [1.82, 2.24) is 0 Å². The minimum atomic E-state index is 0.0300. The minimum absolute atomic E-state index is 0.0300. The van der Waals surface area contributed by atoms with Crippen molar-refractivity contribution in [3.8, 4) is 11.5 Å². The molecular formula is C10H13BrO3S. The summed E-state index contributed by atoms with van der Waals surface area (Å²) in [6.45, 7) is 1.95. The molecule has 1 aromatic heterocycles. The molecule has 1 aliphatic heterocycles. The molecule has 2 heterocycles. The van der Waals surface area contributed by atoms with E-state index in [0.29, 0.717) is 13.2 Å². The molecule has 1 atom stereocenters. The number of halogens is 1. The Morgan fingerprint density at radius 2 is 2.33 bits per heavy atom. The summed E-state index contributed by atoms with van der Waals surface area (Å²) in [7, 11) is 0. The number of hydrogen-bond donors (Lipinski definition) is 0. The summed E-state index contributed by atoms with van der Waals surface area (Å²) < 4.78 is 16.7. The van der Waals surface area contributed by atoms with Crippen LogP contribution in [0.4, 0.5) is 0 Å². The maximum Gasteiger partial charge on any atom is 0.172 e. The zero-order valence-corrected chi connectivity index (χ0v) is 10.7. The summed E-state index contributed by atoms with van der Waals surface area (Å²) in [6.07, 6.45) is 1.06. The molecule has 1 aliphatic rings. The molecule has 1 unspecified atom stereocenters. The van der Waals surface area contributed by atoms with Gasteiger partial charge < -0.3 is 14.2 Å². The van der Waals surface area contributed by atoms with E-state index in [1.807, 2.05) is 10.8 Å². The third-order valence-corrected chi connectivity index (χ3v) is 3.30. The van der Waals surface area contributed by atoms with Crippen LogP contribution in [0, 0.1) is 0 Å². The number of fused-ring (bicyclic) bond motifs is 1. The van der Waals surface area contributed by atoms with E-state index in [1.54, 1.807) is 11.3 Å². The molecule has 84 valence electrons. The van der Waals surface area contributed by atoms with Crippen LogP contribution in [0.25, 0.3) is 0 Å². The fraction of sp³-hybridized carbons (Fsp3) is 0.600. The van der Waals surface area contributed by atoms with Crippen LogP contribution in [0.5, 0.6) is 11.5 Å². The lowest BCUT2D eigenvalue weighted by Gasteiger charge is -2.24. The third-order valence-electron chi connectivity index (χ3n) is 2.04. The standard InChI is InChI=1S/C10H13BrO3S/c11-2-1-3-12-4-8-5-13-9-6-15-7-10(9)14-8/h6-8H,1-5H2. The predicted octanol–water partition coefficient (Wildman–Crippen LogP) is 2.69. The van der Waals surface area contributed by atoms with Gasteiger partial charge in [-0.1, -0.05) is 15.9 Å². The van der Waals surface area contributed by atoms with Gasteiger partial charge in [-0.15, -0.1) is 11.3 Å². The molecule has 0 amide bonds. The highest BCUT2D eigenvalue weighted by Crippen LogP contribution is 2.35. The van der Waals surface area contributed by atoms with E-state index in [2.05, 4.69) is 15.9 Å². The smallest absolute Gasteiger partial charge is 0.172 e. The molecule has 0 saturated heterocycles. The monoisotopic (exact) mass is 292 g/mol. The van der Waals surface area contributed by atoms with Gasteiger partial charge in [-0.05, 0) is 6.42 Å². The van der Waals surface area contributed by atoms with Crippen molar-refractivity contribution >= 4 is 27.3 Å². The Kier molecular flexibility index (Phi) is 4.29. The van der Waals surface area contributed by atoms with Gasteiger partial charge in [-0.25, -0.2) is 0 Å². The Balaban J connectivity index is 1.73. The van der Waals surface area contributed by atoms with Gasteiger partial charge in [0.2, 0.25) is 0 Å². The van der Waals surface area contributed by atoms with Crippen molar-refractivity contribution in [3.63, 3.8) is 0 Å².